The molecule has 0 saturated carbocycles. The van der Waals surface area contributed by atoms with E-state index in [1.807, 2.05) is 19.1 Å². The topological polar surface area (TPSA) is 85.8 Å². The summed E-state index contributed by atoms with van der Waals surface area (Å²) in [6.07, 6.45) is -0.795. The van der Waals surface area contributed by atoms with Crippen molar-refractivity contribution in [3.8, 4) is 0 Å². The highest BCUT2D eigenvalue weighted by Gasteiger charge is 2.11. The highest BCUT2D eigenvalue weighted by molar-refractivity contribution is 6.34. The molecule has 150 valence electrons. The van der Waals surface area contributed by atoms with Crippen LogP contribution in [0.2, 0.25) is 10.0 Å². The second kappa shape index (κ2) is 10.9. The number of hydrogen-bond donors (Lipinski definition) is 4. The Morgan fingerprint density at radius 1 is 1.14 bits per heavy atom. The molecule has 8 heteroatoms. The third-order valence-corrected chi connectivity index (χ3v) is 4.35. The first kappa shape index (κ1) is 22.0. The van der Waals surface area contributed by atoms with Gasteiger partial charge in [-0.15, -0.1) is 0 Å². The third-order valence-electron chi connectivity index (χ3n) is 3.91. The molecule has 2 aromatic rings. The maximum atomic E-state index is 11.7. The van der Waals surface area contributed by atoms with Gasteiger partial charge in [-0.1, -0.05) is 35.3 Å². The SMILES string of the molecule is CCNC(=NCc1cccc(C(=O)NC)c1)NCC(O)c1cc(Cl)cc(Cl)c1. The molecule has 0 aliphatic heterocycles. The Labute approximate surface area is 175 Å². The number of aliphatic hydroxyl groups is 1. The zero-order chi connectivity index (χ0) is 20.5. The van der Waals surface area contributed by atoms with E-state index >= 15 is 0 Å². The lowest BCUT2D eigenvalue weighted by Crippen LogP contribution is -2.39. The Balaban J connectivity index is 2.03. The Bertz CT molecular complexity index is 822. The number of rotatable bonds is 7. The van der Waals surface area contributed by atoms with Gasteiger partial charge < -0.3 is 21.1 Å². The van der Waals surface area contributed by atoms with E-state index in [9.17, 15) is 9.90 Å². The van der Waals surface area contributed by atoms with E-state index in [1.54, 1.807) is 37.4 Å². The molecule has 0 fully saturated rings. The van der Waals surface area contributed by atoms with Crippen LogP contribution in [0.1, 0.15) is 34.5 Å². The Morgan fingerprint density at radius 2 is 1.86 bits per heavy atom. The molecule has 1 atom stereocenters. The molecule has 28 heavy (non-hydrogen) atoms. The summed E-state index contributed by atoms with van der Waals surface area (Å²) in [5, 5.41) is 20.2. The van der Waals surface area contributed by atoms with Gasteiger partial charge in [-0.3, -0.25) is 4.79 Å². The average Bonchev–Trinajstić information content (AvgIpc) is 2.68. The van der Waals surface area contributed by atoms with Crippen LogP contribution >= 0.6 is 23.2 Å². The van der Waals surface area contributed by atoms with Gasteiger partial charge in [-0.25, -0.2) is 4.99 Å². The van der Waals surface area contributed by atoms with Gasteiger partial charge in [0, 0.05) is 35.7 Å². The van der Waals surface area contributed by atoms with Crippen molar-refractivity contribution in [1.82, 2.24) is 16.0 Å². The second-order valence-electron chi connectivity index (χ2n) is 6.07. The molecule has 0 aromatic heterocycles. The van der Waals surface area contributed by atoms with Gasteiger partial charge in [0.1, 0.15) is 0 Å². The fourth-order valence-corrected chi connectivity index (χ4v) is 3.09. The molecule has 1 unspecified atom stereocenters. The fraction of sp³-hybridized carbons (Fsp3) is 0.300. The monoisotopic (exact) mass is 422 g/mol. The second-order valence-corrected chi connectivity index (χ2v) is 6.95. The Hall–Kier alpha value is -2.28. The van der Waals surface area contributed by atoms with Crippen LogP contribution in [0.4, 0.5) is 0 Å². The summed E-state index contributed by atoms with van der Waals surface area (Å²) >= 11 is 12.0. The van der Waals surface area contributed by atoms with Crippen LogP contribution in [0.25, 0.3) is 0 Å². The normalized spacial score (nSPS) is 12.4. The lowest BCUT2D eigenvalue weighted by Gasteiger charge is -2.16. The van der Waals surface area contributed by atoms with Crippen molar-refractivity contribution in [3.63, 3.8) is 0 Å². The van der Waals surface area contributed by atoms with Crippen molar-refractivity contribution >= 4 is 35.1 Å². The van der Waals surface area contributed by atoms with Gasteiger partial charge in [-0.05, 0) is 48.4 Å². The maximum absolute atomic E-state index is 11.7. The molecular formula is C20H24Cl2N4O2. The van der Waals surface area contributed by atoms with E-state index < -0.39 is 6.10 Å². The summed E-state index contributed by atoms with van der Waals surface area (Å²) < 4.78 is 0. The first-order chi connectivity index (χ1) is 13.4. The van der Waals surface area contributed by atoms with Crippen molar-refractivity contribution in [1.29, 1.82) is 0 Å². The number of amides is 1. The first-order valence-electron chi connectivity index (χ1n) is 8.90. The minimum Gasteiger partial charge on any atom is -0.387 e. The highest BCUT2D eigenvalue weighted by atomic mass is 35.5. The number of aliphatic hydroxyl groups excluding tert-OH is 1. The van der Waals surface area contributed by atoms with Crippen molar-refractivity contribution in [2.24, 2.45) is 4.99 Å². The molecule has 0 aliphatic carbocycles. The van der Waals surface area contributed by atoms with Crippen LogP contribution in [-0.4, -0.2) is 37.1 Å². The van der Waals surface area contributed by atoms with Crippen LogP contribution in [0.3, 0.4) is 0 Å². The zero-order valence-electron chi connectivity index (χ0n) is 15.8. The number of guanidine groups is 1. The fourth-order valence-electron chi connectivity index (χ4n) is 2.55. The van der Waals surface area contributed by atoms with E-state index in [1.165, 1.54) is 0 Å². The van der Waals surface area contributed by atoms with Crippen molar-refractivity contribution in [3.05, 3.63) is 69.2 Å². The van der Waals surface area contributed by atoms with E-state index in [0.717, 1.165) is 5.56 Å². The minimum atomic E-state index is -0.795. The summed E-state index contributed by atoms with van der Waals surface area (Å²) in [4.78, 5) is 16.3. The molecule has 0 aliphatic rings. The molecule has 4 N–H and O–H groups in total. The van der Waals surface area contributed by atoms with E-state index in [2.05, 4.69) is 20.9 Å². The summed E-state index contributed by atoms with van der Waals surface area (Å²) in [5.41, 5.74) is 2.11. The zero-order valence-corrected chi connectivity index (χ0v) is 17.3. The van der Waals surface area contributed by atoms with E-state index in [4.69, 9.17) is 23.2 Å². The number of hydrogen-bond acceptors (Lipinski definition) is 3. The molecule has 0 radical (unpaired) electrons. The van der Waals surface area contributed by atoms with Crippen LogP contribution in [0.15, 0.2) is 47.5 Å². The van der Waals surface area contributed by atoms with Gasteiger partial charge in [0.2, 0.25) is 0 Å². The Morgan fingerprint density at radius 3 is 2.50 bits per heavy atom. The van der Waals surface area contributed by atoms with E-state index in [0.29, 0.717) is 40.2 Å². The number of aliphatic imine (C=N–C) groups is 1. The lowest BCUT2D eigenvalue weighted by atomic mass is 10.1. The molecule has 1 amide bonds. The molecule has 0 saturated heterocycles. The maximum Gasteiger partial charge on any atom is 0.251 e. The van der Waals surface area contributed by atoms with Crippen molar-refractivity contribution < 1.29 is 9.90 Å². The lowest BCUT2D eigenvalue weighted by molar-refractivity contribution is 0.0963. The number of halogens is 2. The highest BCUT2D eigenvalue weighted by Crippen LogP contribution is 2.23. The molecule has 6 nitrogen and oxygen atoms in total. The number of carbonyl (C=O) groups excluding carboxylic acids is 1. The molecular weight excluding hydrogens is 399 g/mol. The average molecular weight is 423 g/mol. The van der Waals surface area contributed by atoms with Crippen molar-refractivity contribution in [2.75, 3.05) is 20.1 Å². The third kappa shape index (κ3) is 6.71. The summed E-state index contributed by atoms with van der Waals surface area (Å²) in [6.45, 7) is 3.25. The summed E-state index contributed by atoms with van der Waals surface area (Å²) in [7, 11) is 1.60. The summed E-state index contributed by atoms with van der Waals surface area (Å²) in [5.74, 6) is 0.416. The first-order valence-corrected chi connectivity index (χ1v) is 9.65. The van der Waals surface area contributed by atoms with Gasteiger partial charge in [0.05, 0.1) is 12.6 Å². The smallest absolute Gasteiger partial charge is 0.251 e. The number of carbonyl (C=O) groups is 1. The van der Waals surface area contributed by atoms with Crippen LogP contribution in [0, 0.1) is 0 Å². The van der Waals surface area contributed by atoms with Crippen LogP contribution in [-0.2, 0) is 6.54 Å². The number of benzene rings is 2. The van der Waals surface area contributed by atoms with Crippen LogP contribution in [0.5, 0.6) is 0 Å². The minimum absolute atomic E-state index is 0.140. The predicted octanol–water partition coefficient (Wildman–Crippen LogP) is 3.14. The molecule has 2 aromatic carbocycles. The van der Waals surface area contributed by atoms with Gasteiger partial charge >= 0.3 is 0 Å². The summed E-state index contributed by atoms with van der Waals surface area (Å²) in [6, 6.07) is 12.2. The molecule has 0 bridgehead atoms. The van der Waals surface area contributed by atoms with Crippen LogP contribution < -0.4 is 16.0 Å². The number of nitrogens with one attached hydrogen (secondary N) is 3. The predicted molar refractivity (Wildman–Crippen MR) is 114 cm³/mol. The van der Waals surface area contributed by atoms with Gasteiger partial charge in [0.25, 0.3) is 5.91 Å². The standard InChI is InChI=1S/C20H24Cl2N4O2/c1-3-24-20(25-11-13-5-4-6-14(7-13)19(28)23-2)26-12-18(27)15-8-16(21)10-17(22)9-15/h4-10,18,27H,3,11-12H2,1-2H3,(H,23,28)(H2,24,25,26). The Kier molecular flexibility index (Phi) is 8.57. The van der Waals surface area contributed by atoms with Crippen molar-refractivity contribution in [2.45, 2.75) is 19.6 Å². The van der Waals surface area contributed by atoms with Gasteiger partial charge in [-0.2, -0.15) is 0 Å². The van der Waals surface area contributed by atoms with E-state index in [-0.39, 0.29) is 12.5 Å². The largest absolute Gasteiger partial charge is 0.387 e. The van der Waals surface area contributed by atoms with Gasteiger partial charge in [0.15, 0.2) is 5.96 Å². The molecule has 2 rings (SSSR count). The number of nitrogens with zero attached hydrogens (tertiary/aromatic N) is 1. The molecule has 0 spiro atoms. The quantitative estimate of drug-likeness (QED) is 0.407. The molecule has 0 heterocycles.